The van der Waals surface area contributed by atoms with Gasteiger partial charge in [-0.3, -0.25) is 19.5 Å². The van der Waals surface area contributed by atoms with Crippen LogP contribution in [0.15, 0.2) is 48.8 Å². The predicted octanol–water partition coefficient (Wildman–Crippen LogP) is 1.74. The Morgan fingerprint density at radius 3 is 2.80 bits per heavy atom. The van der Waals surface area contributed by atoms with Gasteiger partial charge in [0.2, 0.25) is 11.8 Å². The Bertz CT molecular complexity index is 955. The van der Waals surface area contributed by atoms with Crippen molar-refractivity contribution in [2.24, 2.45) is 0 Å². The van der Waals surface area contributed by atoms with Gasteiger partial charge in [0.05, 0.1) is 12.6 Å². The lowest BCUT2D eigenvalue weighted by Crippen LogP contribution is -2.70. The number of halogens is 1. The fourth-order valence-corrected chi connectivity index (χ4v) is 3.94. The number of amides is 4. The number of fused-ring (bicyclic) bond motifs is 1. The van der Waals surface area contributed by atoms with Crippen molar-refractivity contribution in [1.82, 2.24) is 20.1 Å². The van der Waals surface area contributed by atoms with E-state index in [1.54, 1.807) is 30.6 Å². The molecule has 2 saturated heterocycles. The van der Waals surface area contributed by atoms with Crippen LogP contribution in [0.5, 0.6) is 0 Å². The molecule has 2 aliphatic heterocycles. The average Bonchev–Trinajstić information content (AvgIpc) is 2.75. The van der Waals surface area contributed by atoms with Crippen LogP contribution in [0.2, 0.25) is 0 Å². The van der Waals surface area contributed by atoms with Crippen molar-refractivity contribution >= 4 is 23.5 Å². The van der Waals surface area contributed by atoms with E-state index in [-0.39, 0.29) is 19.0 Å². The molecule has 30 heavy (non-hydrogen) atoms. The molecule has 1 aromatic heterocycles. The van der Waals surface area contributed by atoms with E-state index in [9.17, 15) is 18.8 Å². The Hall–Kier alpha value is -3.33. The quantitative estimate of drug-likeness (QED) is 0.782. The lowest BCUT2D eigenvalue weighted by atomic mass is 9.93. The molecule has 4 amide bonds. The van der Waals surface area contributed by atoms with Gasteiger partial charge >= 0.3 is 6.03 Å². The summed E-state index contributed by atoms with van der Waals surface area (Å²) >= 11 is 0. The van der Waals surface area contributed by atoms with E-state index in [2.05, 4.69) is 15.6 Å². The lowest BCUT2D eigenvalue weighted by molar-refractivity contribution is -0.138. The van der Waals surface area contributed by atoms with Crippen molar-refractivity contribution in [3.05, 3.63) is 60.2 Å². The van der Waals surface area contributed by atoms with Gasteiger partial charge in [-0.2, -0.15) is 0 Å². The maximum absolute atomic E-state index is 13.4. The van der Waals surface area contributed by atoms with Crippen LogP contribution in [0.4, 0.5) is 14.9 Å². The summed E-state index contributed by atoms with van der Waals surface area (Å²) in [5.41, 5.74) is 1.08. The molecule has 2 N–H and O–H groups in total. The van der Waals surface area contributed by atoms with Crippen molar-refractivity contribution in [2.75, 3.05) is 18.4 Å². The number of urea groups is 1. The largest absolute Gasteiger partial charge is 0.327 e. The fraction of sp³-hybridized carbons (Fsp3) is 0.333. The highest BCUT2D eigenvalue weighted by Gasteiger charge is 2.47. The second kappa shape index (κ2) is 8.58. The topological polar surface area (TPSA) is 94.6 Å². The van der Waals surface area contributed by atoms with Gasteiger partial charge in [0.25, 0.3) is 0 Å². The number of rotatable bonds is 5. The van der Waals surface area contributed by atoms with E-state index in [0.29, 0.717) is 18.7 Å². The first-order valence-electron chi connectivity index (χ1n) is 9.82. The number of nitrogens with zero attached hydrogens (tertiary/aromatic N) is 3. The number of anilines is 1. The third-order valence-electron chi connectivity index (χ3n) is 5.35. The highest BCUT2D eigenvalue weighted by molar-refractivity contribution is 6.02. The zero-order valence-electron chi connectivity index (χ0n) is 16.3. The Morgan fingerprint density at radius 2 is 2.03 bits per heavy atom. The molecule has 3 heterocycles. The van der Waals surface area contributed by atoms with Gasteiger partial charge in [0, 0.05) is 18.1 Å². The summed E-state index contributed by atoms with van der Waals surface area (Å²) in [7, 11) is 0. The third-order valence-corrected chi connectivity index (χ3v) is 5.35. The molecule has 156 valence electrons. The predicted molar refractivity (Wildman–Crippen MR) is 107 cm³/mol. The average molecular weight is 411 g/mol. The smallest absolute Gasteiger partial charge is 0.324 e. The molecule has 9 heteroatoms. The number of pyridine rings is 1. The summed E-state index contributed by atoms with van der Waals surface area (Å²) in [6, 6.07) is 7.58. The van der Waals surface area contributed by atoms with Gasteiger partial charge in [-0.15, -0.1) is 0 Å². The number of imide groups is 1. The van der Waals surface area contributed by atoms with E-state index >= 15 is 0 Å². The van der Waals surface area contributed by atoms with Gasteiger partial charge in [-0.25, -0.2) is 9.18 Å². The maximum Gasteiger partial charge on any atom is 0.327 e. The third kappa shape index (κ3) is 4.16. The summed E-state index contributed by atoms with van der Waals surface area (Å²) < 4.78 is 13.4. The summed E-state index contributed by atoms with van der Waals surface area (Å²) in [6.07, 6.45) is 4.62. The van der Waals surface area contributed by atoms with E-state index in [4.69, 9.17) is 0 Å². The lowest BCUT2D eigenvalue weighted by Gasteiger charge is -2.46. The van der Waals surface area contributed by atoms with Crippen LogP contribution in [0.25, 0.3) is 0 Å². The Balaban J connectivity index is 1.54. The van der Waals surface area contributed by atoms with Gasteiger partial charge in [0.1, 0.15) is 18.4 Å². The first kappa shape index (κ1) is 20.0. The Labute approximate surface area is 173 Å². The molecule has 2 atom stereocenters. The van der Waals surface area contributed by atoms with Crippen LogP contribution in [0.1, 0.15) is 18.4 Å². The molecule has 1 aromatic carbocycles. The van der Waals surface area contributed by atoms with Gasteiger partial charge in [-0.05, 0) is 55.3 Å². The number of benzene rings is 1. The summed E-state index contributed by atoms with van der Waals surface area (Å²) in [5, 5.41) is 5.81. The number of aromatic nitrogens is 1. The van der Waals surface area contributed by atoms with E-state index in [0.717, 1.165) is 12.0 Å². The fourth-order valence-electron chi connectivity index (χ4n) is 3.94. The molecule has 8 nitrogen and oxygen atoms in total. The molecule has 0 radical (unpaired) electrons. The minimum Gasteiger partial charge on any atom is -0.324 e. The minimum atomic E-state index is -0.555. The minimum absolute atomic E-state index is 0.104. The van der Waals surface area contributed by atoms with Gasteiger partial charge in [-0.1, -0.05) is 6.07 Å². The first-order valence-corrected chi connectivity index (χ1v) is 9.82. The first-order chi connectivity index (χ1) is 14.5. The molecule has 2 unspecified atom stereocenters. The normalized spacial score (nSPS) is 21.4. The molecular weight excluding hydrogens is 389 g/mol. The van der Waals surface area contributed by atoms with Gasteiger partial charge < -0.3 is 15.5 Å². The van der Waals surface area contributed by atoms with Crippen molar-refractivity contribution < 1.29 is 18.8 Å². The SMILES string of the molecule is O=C(CN1C(=O)N(Cc2ccncc2)C(=O)C2NCCCC21)Nc1cccc(F)c1. The highest BCUT2D eigenvalue weighted by atomic mass is 19.1. The molecule has 0 aliphatic carbocycles. The van der Waals surface area contributed by atoms with E-state index in [1.165, 1.54) is 28.0 Å². The maximum atomic E-state index is 13.4. The van der Waals surface area contributed by atoms with Crippen molar-refractivity contribution in [2.45, 2.75) is 31.5 Å². The number of nitrogens with one attached hydrogen (secondary N) is 2. The monoisotopic (exact) mass is 411 g/mol. The summed E-state index contributed by atoms with van der Waals surface area (Å²) in [4.78, 5) is 45.3. The number of hydrogen-bond acceptors (Lipinski definition) is 5. The number of hydrogen-bond donors (Lipinski definition) is 2. The standard InChI is InChI=1S/C21H22FN5O3/c22-15-3-1-4-16(11-15)25-18(28)13-26-17-5-2-8-24-19(17)20(29)27(21(26)30)12-14-6-9-23-10-7-14/h1,3-4,6-7,9-11,17,19,24H,2,5,8,12-13H2,(H,25,28). The van der Waals surface area contributed by atoms with Crippen molar-refractivity contribution in [1.29, 1.82) is 0 Å². The zero-order chi connectivity index (χ0) is 21.1. The van der Waals surface area contributed by atoms with Crippen LogP contribution in [0, 0.1) is 5.82 Å². The number of carbonyl (C=O) groups excluding carboxylic acids is 3. The van der Waals surface area contributed by atoms with Crippen molar-refractivity contribution in [3.63, 3.8) is 0 Å². The van der Waals surface area contributed by atoms with Crippen LogP contribution in [-0.4, -0.2) is 57.8 Å². The number of piperidine rings is 1. The van der Waals surface area contributed by atoms with Crippen LogP contribution in [0.3, 0.4) is 0 Å². The van der Waals surface area contributed by atoms with Crippen LogP contribution >= 0.6 is 0 Å². The van der Waals surface area contributed by atoms with E-state index in [1.807, 2.05) is 0 Å². The molecule has 2 fully saturated rings. The van der Waals surface area contributed by atoms with Crippen LogP contribution in [-0.2, 0) is 16.1 Å². The number of carbonyl (C=O) groups is 3. The second-order valence-corrected chi connectivity index (χ2v) is 7.39. The molecule has 4 rings (SSSR count). The molecule has 0 bridgehead atoms. The second-order valence-electron chi connectivity index (χ2n) is 7.39. The molecule has 2 aromatic rings. The molecule has 0 spiro atoms. The highest BCUT2D eigenvalue weighted by Crippen LogP contribution is 2.26. The molecular formula is C21H22FN5O3. The van der Waals surface area contributed by atoms with Crippen LogP contribution < -0.4 is 10.6 Å². The van der Waals surface area contributed by atoms with E-state index < -0.39 is 29.8 Å². The Kier molecular flexibility index (Phi) is 5.71. The summed E-state index contributed by atoms with van der Waals surface area (Å²) in [5.74, 6) is -1.20. The summed E-state index contributed by atoms with van der Waals surface area (Å²) in [6.45, 7) is 0.555. The van der Waals surface area contributed by atoms with Crippen molar-refractivity contribution in [3.8, 4) is 0 Å². The Morgan fingerprint density at radius 1 is 1.23 bits per heavy atom. The van der Waals surface area contributed by atoms with Gasteiger partial charge in [0.15, 0.2) is 0 Å². The zero-order valence-corrected chi connectivity index (χ0v) is 16.3. The molecule has 2 aliphatic rings. The molecule has 0 saturated carbocycles.